The summed E-state index contributed by atoms with van der Waals surface area (Å²) < 4.78 is 25.4. The van der Waals surface area contributed by atoms with E-state index in [0.29, 0.717) is 22.0 Å². The van der Waals surface area contributed by atoms with Crippen LogP contribution in [0.1, 0.15) is 29.8 Å². The molecule has 0 saturated heterocycles. The largest absolute Gasteiger partial charge is 0.340 e. The molecule has 29 heavy (non-hydrogen) atoms. The van der Waals surface area contributed by atoms with Crippen LogP contribution in [-0.4, -0.2) is 32.5 Å². The highest BCUT2D eigenvalue weighted by atomic mass is 35.5. The Labute approximate surface area is 175 Å². The molecule has 0 spiro atoms. The Hall–Kier alpha value is -2.58. The van der Waals surface area contributed by atoms with Gasteiger partial charge in [-0.2, -0.15) is 0 Å². The molecule has 2 aromatic carbocycles. The van der Waals surface area contributed by atoms with Crippen LogP contribution in [0.5, 0.6) is 0 Å². The molecule has 9 heteroatoms. The second kappa shape index (κ2) is 9.28. The minimum Gasteiger partial charge on any atom is -0.340 e. The van der Waals surface area contributed by atoms with E-state index in [1.807, 2.05) is 13.8 Å². The van der Waals surface area contributed by atoms with Crippen molar-refractivity contribution in [3.8, 4) is 0 Å². The van der Waals surface area contributed by atoms with E-state index in [2.05, 4.69) is 15.4 Å². The molecular formula is C20H24ClN3O4S. The lowest BCUT2D eigenvalue weighted by Gasteiger charge is -2.22. The van der Waals surface area contributed by atoms with Gasteiger partial charge in [-0.15, -0.1) is 0 Å². The fourth-order valence-electron chi connectivity index (χ4n) is 2.63. The molecule has 0 aliphatic carbocycles. The van der Waals surface area contributed by atoms with Crippen LogP contribution in [0.25, 0.3) is 0 Å². The maximum absolute atomic E-state index is 12.8. The van der Waals surface area contributed by atoms with Crippen LogP contribution in [0, 0.1) is 12.8 Å². The third kappa shape index (κ3) is 6.47. The van der Waals surface area contributed by atoms with Crippen LogP contribution in [0.15, 0.2) is 42.5 Å². The van der Waals surface area contributed by atoms with Crippen LogP contribution in [0.3, 0.4) is 0 Å². The molecule has 156 valence electrons. The number of aryl methyl sites for hydroxylation is 1. The van der Waals surface area contributed by atoms with Crippen LogP contribution in [0.4, 0.5) is 11.4 Å². The SMILES string of the molecule is Cc1ccc(NC(=O)C(NC(=O)c2ccccc2Cl)C(C)C)cc1NS(C)(=O)=O. The lowest BCUT2D eigenvalue weighted by molar-refractivity contribution is -0.118. The molecule has 0 saturated carbocycles. The van der Waals surface area contributed by atoms with Gasteiger partial charge in [-0.25, -0.2) is 8.42 Å². The zero-order valence-corrected chi connectivity index (χ0v) is 18.2. The van der Waals surface area contributed by atoms with Crippen LogP contribution in [-0.2, 0) is 14.8 Å². The van der Waals surface area contributed by atoms with Gasteiger partial charge in [0.15, 0.2) is 0 Å². The molecule has 0 aromatic heterocycles. The van der Waals surface area contributed by atoms with Crippen molar-refractivity contribution >= 4 is 44.8 Å². The molecule has 2 aromatic rings. The average molecular weight is 438 g/mol. The Morgan fingerprint density at radius 3 is 2.31 bits per heavy atom. The molecule has 1 atom stereocenters. The number of rotatable bonds is 7. The number of anilines is 2. The number of halogens is 1. The lowest BCUT2D eigenvalue weighted by Crippen LogP contribution is -2.47. The monoisotopic (exact) mass is 437 g/mol. The maximum atomic E-state index is 12.8. The third-order valence-electron chi connectivity index (χ3n) is 4.15. The van der Waals surface area contributed by atoms with E-state index in [0.717, 1.165) is 6.26 Å². The molecule has 0 bridgehead atoms. The van der Waals surface area contributed by atoms with E-state index in [9.17, 15) is 18.0 Å². The van der Waals surface area contributed by atoms with Crippen molar-refractivity contribution in [3.63, 3.8) is 0 Å². The summed E-state index contributed by atoms with van der Waals surface area (Å²) in [6.45, 7) is 5.37. The number of sulfonamides is 1. The number of hydrogen-bond acceptors (Lipinski definition) is 4. The predicted molar refractivity (Wildman–Crippen MR) is 116 cm³/mol. The van der Waals surface area contributed by atoms with Gasteiger partial charge >= 0.3 is 0 Å². The summed E-state index contributed by atoms with van der Waals surface area (Å²) in [4.78, 5) is 25.3. The Morgan fingerprint density at radius 2 is 1.72 bits per heavy atom. The first-order valence-electron chi connectivity index (χ1n) is 8.92. The Bertz CT molecular complexity index is 1020. The van der Waals surface area contributed by atoms with Crippen molar-refractivity contribution in [2.24, 2.45) is 5.92 Å². The van der Waals surface area contributed by atoms with Gasteiger partial charge in [0.2, 0.25) is 15.9 Å². The fraction of sp³-hybridized carbons (Fsp3) is 0.300. The van der Waals surface area contributed by atoms with Crippen molar-refractivity contribution in [2.75, 3.05) is 16.3 Å². The summed E-state index contributed by atoms with van der Waals surface area (Å²) >= 11 is 6.06. The van der Waals surface area contributed by atoms with Gasteiger partial charge in [0, 0.05) is 5.69 Å². The van der Waals surface area contributed by atoms with Crippen molar-refractivity contribution in [1.29, 1.82) is 0 Å². The first kappa shape index (κ1) is 22.7. The van der Waals surface area contributed by atoms with Gasteiger partial charge in [-0.3, -0.25) is 14.3 Å². The fourth-order valence-corrected chi connectivity index (χ4v) is 3.47. The normalized spacial score (nSPS) is 12.3. The maximum Gasteiger partial charge on any atom is 0.253 e. The average Bonchev–Trinajstić information content (AvgIpc) is 2.61. The minimum absolute atomic E-state index is 0.194. The number of carbonyl (C=O) groups is 2. The second-order valence-electron chi connectivity index (χ2n) is 7.07. The molecule has 7 nitrogen and oxygen atoms in total. The number of carbonyl (C=O) groups excluding carboxylic acids is 2. The number of hydrogen-bond donors (Lipinski definition) is 3. The molecule has 0 aliphatic rings. The van der Waals surface area contributed by atoms with E-state index >= 15 is 0 Å². The molecule has 0 fully saturated rings. The van der Waals surface area contributed by atoms with Gasteiger partial charge in [0.05, 0.1) is 22.5 Å². The van der Waals surface area contributed by atoms with E-state index in [4.69, 9.17) is 11.6 Å². The Morgan fingerprint density at radius 1 is 1.07 bits per heavy atom. The van der Waals surface area contributed by atoms with Gasteiger partial charge in [0.1, 0.15) is 6.04 Å². The molecule has 2 rings (SSSR count). The second-order valence-corrected chi connectivity index (χ2v) is 9.22. The highest BCUT2D eigenvalue weighted by Gasteiger charge is 2.25. The van der Waals surface area contributed by atoms with Crippen molar-refractivity contribution in [2.45, 2.75) is 26.8 Å². The summed E-state index contributed by atoms with van der Waals surface area (Å²) in [5, 5.41) is 5.73. The van der Waals surface area contributed by atoms with Crippen LogP contribution in [0.2, 0.25) is 5.02 Å². The van der Waals surface area contributed by atoms with E-state index in [-0.39, 0.29) is 11.5 Å². The first-order valence-corrected chi connectivity index (χ1v) is 11.2. The summed E-state index contributed by atoms with van der Waals surface area (Å²) in [6, 6.07) is 10.6. The van der Waals surface area contributed by atoms with E-state index in [1.165, 1.54) is 6.07 Å². The zero-order chi connectivity index (χ0) is 21.8. The quantitative estimate of drug-likeness (QED) is 0.617. The van der Waals surface area contributed by atoms with Crippen LogP contribution >= 0.6 is 11.6 Å². The summed E-state index contributed by atoms with van der Waals surface area (Å²) in [7, 11) is -3.46. The summed E-state index contributed by atoms with van der Waals surface area (Å²) in [5.74, 6) is -1.07. The predicted octanol–water partition coefficient (Wildman–Crippen LogP) is 3.41. The topological polar surface area (TPSA) is 104 Å². The number of amides is 2. The Kier molecular flexibility index (Phi) is 7.26. The summed E-state index contributed by atoms with van der Waals surface area (Å²) in [5.41, 5.74) is 1.76. The molecular weight excluding hydrogens is 414 g/mol. The smallest absolute Gasteiger partial charge is 0.253 e. The van der Waals surface area contributed by atoms with Gasteiger partial charge < -0.3 is 10.6 Å². The van der Waals surface area contributed by atoms with E-state index < -0.39 is 27.9 Å². The van der Waals surface area contributed by atoms with Gasteiger partial charge in [0.25, 0.3) is 5.91 Å². The summed E-state index contributed by atoms with van der Waals surface area (Å²) in [6.07, 6.45) is 1.05. The third-order valence-corrected chi connectivity index (χ3v) is 5.07. The molecule has 2 amide bonds. The van der Waals surface area contributed by atoms with Crippen molar-refractivity contribution in [3.05, 3.63) is 58.6 Å². The highest BCUT2D eigenvalue weighted by Crippen LogP contribution is 2.22. The molecule has 0 radical (unpaired) electrons. The highest BCUT2D eigenvalue weighted by molar-refractivity contribution is 7.92. The number of nitrogens with one attached hydrogen (secondary N) is 3. The molecule has 0 heterocycles. The first-order chi connectivity index (χ1) is 13.5. The van der Waals surface area contributed by atoms with Gasteiger partial charge in [-0.1, -0.05) is 43.6 Å². The zero-order valence-electron chi connectivity index (χ0n) is 16.6. The molecule has 1 unspecified atom stereocenters. The minimum atomic E-state index is -3.46. The molecule has 0 aliphatic heterocycles. The lowest BCUT2D eigenvalue weighted by atomic mass is 10.0. The van der Waals surface area contributed by atoms with Crippen LogP contribution < -0.4 is 15.4 Å². The van der Waals surface area contributed by atoms with E-state index in [1.54, 1.807) is 43.3 Å². The van der Waals surface area contributed by atoms with Crippen molar-refractivity contribution < 1.29 is 18.0 Å². The van der Waals surface area contributed by atoms with Gasteiger partial charge in [-0.05, 0) is 42.7 Å². The standard InChI is InChI=1S/C20H24ClN3O4S/c1-12(2)18(23-19(25)15-7-5-6-8-16(15)21)20(26)22-14-10-9-13(3)17(11-14)24-29(4,27)28/h5-12,18,24H,1-4H3,(H,22,26)(H,23,25). The Balaban J connectivity index is 2.19. The van der Waals surface area contributed by atoms with Crippen molar-refractivity contribution in [1.82, 2.24) is 5.32 Å². The number of benzene rings is 2. The molecule has 3 N–H and O–H groups in total.